The second-order valence-corrected chi connectivity index (χ2v) is 9.48. The number of benzene rings is 2. The Balaban J connectivity index is 2.66. The highest BCUT2D eigenvalue weighted by atomic mass is 32.2. The van der Waals surface area contributed by atoms with Crippen molar-refractivity contribution in [3.05, 3.63) is 59.9 Å². The van der Waals surface area contributed by atoms with Crippen LogP contribution >= 0.6 is 33.8 Å². The molecule has 10 heteroatoms. The number of anilines is 1. The van der Waals surface area contributed by atoms with Crippen LogP contribution in [-0.2, 0) is 10.0 Å². The van der Waals surface area contributed by atoms with E-state index in [2.05, 4.69) is 49.3 Å². The highest BCUT2D eigenvalue weighted by Gasteiger charge is 2.22. The Morgan fingerprint density at radius 2 is 1.93 bits per heavy atom. The van der Waals surface area contributed by atoms with E-state index in [1.165, 1.54) is 30.0 Å². The molecule has 0 aliphatic heterocycles. The molecule has 5 nitrogen and oxygen atoms in total. The van der Waals surface area contributed by atoms with Gasteiger partial charge in [0.2, 0.25) is 0 Å². The van der Waals surface area contributed by atoms with Gasteiger partial charge in [0.15, 0.2) is 5.17 Å². The first-order valence-corrected chi connectivity index (χ1v) is 11.8. The third-order valence-electron chi connectivity index (χ3n) is 4.05. The number of thiol groups is 1. The van der Waals surface area contributed by atoms with Gasteiger partial charge in [-0.3, -0.25) is 4.72 Å². The Hall–Kier alpha value is -1.93. The van der Waals surface area contributed by atoms with Crippen LogP contribution in [0, 0.1) is 12.7 Å². The molecule has 0 spiro atoms. The molecule has 30 heavy (non-hydrogen) atoms. The topological polar surface area (TPSA) is 70.9 Å². The first-order valence-electron chi connectivity index (χ1n) is 8.57. The quantitative estimate of drug-likeness (QED) is 0.198. The van der Waals surface area contributed by atoms with Crippen LogP contribution in [0.1, 0.15) is 23.6 Å². The van der Waals surface area contributed by atoms with Gasteiger partial charge in [0, 0.05) is 16.7 Å². The SMILES string of the molecule is C=Cc1c(NS(=O)(=O)c2cc(P)ccc2F)cc(SC(/N=C\C)=N/S)c(C)c1C=C. The summed E-state index contributed by atoms with van der Waals surface area (Å²) in [6.45, 7) is 11.2. The predicted molar refractivity (Wildman–Crippen MR) is 134 cm³/mol. The van der Waals surface area contributed by atoms with Crippen molar-refractivity contribution in [2.75, 3.05) is 4.72 Å². The molecule has 0 aromatic heterocycles. The minimum atomic E-state index is -4.20. The molecular weight excluding hydrogens is 460 g/mol. The van der Waals surface area contributed by atoms with E-state index in [1.54, 1.807) is 25.3 Å². The Morgan fingerprint density at radius 1 is 1.27 bits per heavy atom. The Labute approximate surface area is 188 Å². The molecule has 0 aliphatic rings. The van der Waals surface area contributed by atoms with Crippen molar-refractivity contribution in [1.82, 2.24) is 0 Å². The molecule has 0 bridgehead atoms. The van der Waals surface area contributed by atoms with Crippen LogP contribution in [0.2, 0.25) is 0 Å². The standard InChI is InChI=1S/C20H21FN3O2PS3/c1-5-14-12(4)18(29-20(23-28)22-7-3)11-17(15(14)6-2)24-30(25,26)19-10-13(27)8-9-16(19)21/h5-11,24,28H,1-2,27H2,3-4H3/b22-7-,23-20+. The van der Waals surface area contributed by atoms with E-state index in [0.717, 1.165) is 11.6 Å². The molecule has 0 fully saturated rings. The van der Waals surface area contributed by atoms with E-state index in [-0.39, 0.29) is 5.69 Å². The summed E-state index contributed by atoms with van der Waals surface area (Å²) in [6.07, 6.45) is 4.71. The lowest BCUT2D eigenvalue weighted by molar-refractivity contribution is 0.571. The number of hydrogen-bond acceptors (Lipinski definition) is 5. The smallest absolute Gasteiger partial charge is 0.264 e. The molecule has 0 radical (unpaired) electrons. The van der Waals surface area contributed by atoms with E-state index < -0.39 is 20.7 Å². The molecule has 2 aromatic carbocycles. The van der Waals surface area contributed by atoms with Crippen LogP contribution in [0.3, 0.4) is 0 Å². The summed E-state index contributed by atoms with van der Waals surface area (Å²) in [4.78, 5) is 4.36. The Kier molecular flexibility index (Phi) is 8.43. The highest BCUT2D eigenvalue weighted by molar-refractivity contribution is 8.14. The summed E-state index contributed by atoms with van der Waals surface area (Å²) in [7, 11) is -1.85. The van der Waals surface area contributed by atoms with Crippen LogP contribution in [0.25, 0.3) is 12.2 Å². The maximum absolute atomic E-state index is 14.2. The average molecular weight is 482 g/mol. The highest BCUT2D eigenvalue weighted by Crippen LogP contribution is 2.36. The summed E-state index contributed by atoms with van der Waals surface area (Å²) in [5.41, 5.74) is 2.29. The number of nitrogens with one attached hydrogen (secondary N) is 1. The lowest BCUT2D eigenvalue weighted by Crippen LogP contribution is -2.17. The maximum Gasteiger partial charge on any atom is 0.264 e. The summed E-state index contributed by atoms with van der Waals surface area (Å²) in [5.74, 6) is -0.846. The largest absolute Gasteiger partial charge is 0.279 e. The number of halogens is 1. The molecular formula is C20H21FN3O2PS3. The number of hydrogen-bond donors (Lipinski definition) is 2. The first-order chi connectivity index (χ1) is 14.2. The lowest BCUT2D eigenvalue weighted by atomic mass is 10.00. The van der Waals surface area contributed by atoms with Gasteiger partial charge >= 0.3 is 0 Å². The molecule has 1 N–H and O–H groups in total. The zero-order chi connectivity index (χ0) is 22.5. The molecule has 2 rings (SSSR count). The molecule has 1 atom stereocenters. The molecule has 0 saturated carbocycles. The minimum absolute atomic E-state index is 0.237. The second-order valence-electron chi connectivity index (χ2n) is 5.95. The van der Waals surface area contributed by atoms with Crippen molar-refractivity contribution in [3.63, 3.8) is 0 Å². The summed E-state index contributed by atoms with van der Waals surface area (Å²) in [5, 5.41) is 0.917. The van der Waals surface area contributed by atoms with Crippen LogP contribution in [0.4, 0.5) is 10.1 Å². The van der Waals surface area contributed by atoms with Crippen molar-refractivity contribution in [2.24, 2.45) is 9.39 Å². The van der Waals surface area contributed by atoms with Crippen molar-refractivity contribution >= 4 is 78.4 Å². The predicted octanol–water partition coefficient (Wildman–Crippen LogP) is 5.10. The maximum atomic E-state index is 14.2. The van der Waals surface area contributed by atoms with Gasteiger partial charge in [-0.15, -0.1) is 9.24 Å². The monoisotopic (exact) mass is 481 g/mol. The van der Waals surface area contributed by atoms with Gasteiger partial charge in [-0.2, -0.15) is 4.40 Å². The van der Waals surface area contributed by atoms with Gasteiger partial charge in [0.05, 0.1) is 5.69 Å². The number of amidine groups is 1. The van der Waals surface area contributed by atoms with E-state index >= 15 is 0 Å². The van der Waals surface area contributed by atoms with Gasteiger partial charge < -0.3 is 0 Å². The van der Waals surface area contributed by atoms with Gasteiger partial charge in [0.1, 0.15) is 10.7 Å². The third kappa shape index (κ3) is 5.40. The van der Waals surface area contributed by atoms with Crippen molar-refractivity contribution < 1.29 is 12.8 Å². The van der Waals surface area contributed by atoms with Crippen molar-refractivity contribution in [1.29, 1.82) is 0 Å². The number of rotatable bonds is 6. The fourth-order valence-corrected chi connectivity index (χ4v) is 5.25. The normalized spacial score (nSPS) is 12.2. The Morgan fingerprint density at radius 3 is 2.50 bits per heavy atom. The van der Waals surface area contributed by atoms with Gasteiger partial charge in [-0.25, -0.2) is 17.8 Å². The fraction of sp³-hybridized carbons (Fsp3) is 0.100. The van der Waals surface area contributed by atoms with Gasteiger partial charge in [-0.05, 0) is 73.1 Å². The second kappa shape index (κ2) is 10.4. The van der Waals surface area contributed by atoms with Gasteiger partial charge in [0.25, 0.3) is 10.0 Å². The number of sulfonamides is 1. The Bertz CT molecular complexity index is 1160. The third-order valence-corrected chi connectivity index (χ3v) is 7.14. The molecule has 0 heterocycles. The molecule has 2 aromatic rings. The van der Waals surface area contributed by atoms with E-state index in [1.807, 2.05) is 6.92 Å². The zero-order valence-corrected chi connectivity index (χ0v) is 20.1. The molecule has 0 aliphatic carbocycles. The average Bonchev–Trinajstić information content (AvgIpc) is 2.70. The number of thioether (sulfide) groups is 1. The van der Waals surface area contributed by atoms with Crippen LogP contribution in [0.15, 0.2) is 56.6 Å². The molecule has 0 saturated heterocycles. The summed E-state index contributed by atoms with van der Waals surface area (Å²) >= 11 is 5.14. The molecule has 1 unspecified atom stereocenters. The molecule has 0 amide bonds. The summed E-state index contributed by atoms with van der Waals surface area (Å²) in [6, 6.07) is 5.45. The van der Waals surface area contributed by atoms with Crippen molar-refractivity contribution in [3.8, 4) is 0 Å². The fourth-order valence-electron chi connectivity index (χ4n) is 2.68. The number of aliphatic imine (C=N–C) groups is 1. The minimum Gasteiger partial charge on any atom is -0.279 e. The van der Waals surface area contributed by atoms with Crippen LogP contribution in [-0.4, -0.2) is 19.8 Å². The first kappa shape index (κ1) is 24.3. The van der Waals surface area contributed by atoms with Crippen LogP contribution in [0.5, 0.6) is 0 Å². The summed E-state index contributed by atoms with van der Waals surface area (Å²) < 4.78 is 46.4. The lowest BCUT2D eigenvalue weighted by Gasteiger charge is -2.18. The van der Waals surface area contributed by atoms with Crippen LogP contribution < -0.4 is 10.0 Å². The van der Waals surface area contributed by atoms with Crippen molar-refractivity contribution in [2.45, 2.75) is 23.6 Å². The van der Waals surface area contributed by atoms with E-state index in [0.29, 0.717) is 26.5 Å². The number of nitrogens with zero attached hydrogens (tertiary/aromatic N) is 2. The molecule has 158 valence electrons. The zero-order valence-electron chi connectivity index (χ0n) is 16.4. The van der Waals surface area contributed by atoms with E-state index in [4.69, 9.17) is 0 Å². The van der Waals surface area contributed by atoms with E-state index in [9.17, 15) is 12.8 Å². The van der Waals surface area contributed by atoms with Gasteiger partial charge in [-0.1, -0.05) is 31.4 Å².